The Morgan fingerprint density at radius 2 is 1.74 bits per heavy atom. The number of likely N-dealkylation sites (N-methyl/N-ethyl adjacent to an activating group) is 1. The number of benzene rings is 2. The fourth-order valence-corrected chi connectivity index (χ4v) is 4.66. The molecule has 5 nitrogen and oxygen atoms in total. The van der Waals surface area contributed by atoms with Gasteiger partial charge in [0.05, 0.1) is 16.7 Å². The van der Waals surface area contributed by atoms with Crippen molar-refractivity contribution < 1.29 is 13.2 Å². The third-order valence-corrected chi connectivity index (χ3v) is 6.83. The number of carbonyl (C=O) groups excluding carboxylic acids is 1. The minimum Gasteiger partial charge on any atom is -0.333 e. The van der Waals surface area contributed by atoms with Crippen molar-refractivity contribution in [3.05, 3.63) is 65.2 Å². The van der Waals surface area contributed by atoms with Crippen LogP contribution in [0.15, 0.2) is 59.5 Å². The van der Waals surface area contributed by atoms with E-state index in [-0.39, 0.29) is 29.0 Å². The number of piperazine rings is 1. The van der Waals surface area contributed by atoms with Crippen molar-refractivity contribution in [3.63, 3.8) is 0 Å². The molecule has 0 spiro atoms. The average molecular weight is 407 g/mol. The number of carbonyl (C=O) groups is 1. The summed E-state index contributed by atoms with van der Waals surface area (Å²) in [6.45, 7) is 2.11. The maximum Gasteiger partial charge on any atom is 0.224 e. The highest BCUT2D eigenvalue weighted by atomic mass is 35.5. The van der Waals surface area contributed by atoms with Crippen molar-refractivity contribution >= 4 is 27.3 Å². The fraction of sp³-hybridized carbons (Fsp3) is 0.350. The molecule has 7 heteroatoms. The first-order valence-corrected chi connectivity index (χ1v) is 10.9. The summed E-state index contributed by atoms with van der Waals surface area (Å²) in [7, 11) is -1.49. The van der Waals surface area contributed by atoms with E-state index in [2.05, 4.69) is 4.90 Å². The molecule has 1 heterocycles. The summed E-state index contributed by atoms with van der Waals surface area (Å²) in [5, 5.41) is 0.480. The SMILES string of the molecule is CN1CCN(C(=O)CCS(=O)(=O)c2ccc(Cl)cc2)C(c2ccccc2)C1. The third-order valence-electron chi connectivity index (χ3n) is 4.85. The number of nitrogens with zero attached hydrogens (tertiary/aromatic N) is 2. The molecule has 1 aliphatic heterocycles. The zero-order valence-electron chi connectivity index (χ0n) is 15.2. The molecule has 1 saturated heterocycles. The van der Waals surface area contributed by atoms with Gasteiger partial charge in [0, 0.05) is 31.1 Å². The summed E-state index contributed by atoms with van der Waals surface area (Å²) in [6, 6.07) is 15.9. The lowest BCUT2D eigenvalue weighted by Gasteiger charge is -2.40. The number of sulfone groups is 1. The van der Waals surface area contributed by atoms with Gasteiger partial charge >= 0.3 is 0 Å². The van der Waals surface area contributed by atoms with Crippen LogP contribution < -0.4 is 0 Å². The predicted octanol–water partition coefficient (Wildman–Crippen LogP) is 3.02. The average Bonchev–Trinajstić information content (AvgIpc) is 2.67. The van der Waals surface area contributed by atoms with Crippen molar-refractivity contribution in [2.75, 3.05) is 32.4 Å². The Balaban J connectivity index is 1.71. The van der Waals surface area contributed by atoms with Gasteiger partial charge in [-0.3, -0.25) is 4.79 Å². The fourth-order valence-electron chi connectivity index (χ4n) is 3.30. The first kappa shape index (κ1) is 19.9. The molecular formula is C20H23ClN2O3S. The van der Waals surface area contributed by atoms with Gasteiger partial charge < -0.3 is 9.80 Å². The van der Waals surface area contributed by atoms with Gasteiger partial charge in [-0.25, -0.2) is 8.42 Å². The second-order valence-electron chi connectivity index (χ2n) is 6.80. The van der Waals surface area contributed by atoms with E-state index in [1.54, 1.807) is 12.1 Å². The largest absolute Gasteiger partial charge is 0.333 e. The zero-order chi connectivity index (χ0) is 19.4. The van der Waals surface area contributed by atoms with E-state index in [4.69, 9.17) is 11.6 Å². The molecule has 2 aromatic carbocycles. The molecule has 27 heavy (non-hydrogen) atoms. The van der Waals surface area contributed by atoms with Crippen LogP contribution in [0.5, 0.6) is 0 Å². The number of hydrogen-bond acceptors (Lipinski definition) is 4. The van der Waals surface area contributed by atoms with E-state index >= 15 is 0 Å². The van der Waals surface area contributed by atoms with Crippen LogP contribution in [0, 0.1) is 0 Å². The van der Waals surface area contributed by atoms with Gasteiger partial charge in [-0.1, -0.05) is 41.9 Å². The summed E-state index contributed by atoms with van der Waals surface area (Å²) in [5.74, 6) is -0.337. The van der Waals surface area contributed by atoms with E-state index in [0.717, 1.165) is 18.7 Å². The molecule has 0 radical (unpaired) electrons. The molecule has 0 saturated carbocycles. The smallest absolute Gasteiger partial charge is 0.224 e. The summed E-state index contributed by atoms with van der Waals surface area (Å²) in [5.41, 5.74) is 1.07. The highest BCUT2D eigenvalue weighted by Gasteiger charge is 2.30. The molecule has 144 valence electrons. The van der Waals surface area contributed by atoms with Gasteiger partial charge in [0.1, 0.15) is 0 Å². The van der Waals surface area contributed by atoms with Crippen LogP contribution in [0.25, 0.3) is 0 Å². The lowest BCUT2D eigenvalue weighted by molar-refractivity contribution is -0.135. The van der Waals surface area contributed by atoms with Gasteiger partial charge in [-0.2, -0.15) is 0 Å². The Bertz CT molecular complexity index is 885. The number of amides is 1. The van der Waals surface area contributed by atoms with Gasteiger partial charge in [0.15, 0.2) is 9.84 Å². The Morgan fingerprint density at radius 3 is 2.41 bits per heavy atom. The molecule has 3 rings (SSSR count). The van der Waals surface area contributed by atoms with E-state index in [9.17, 15) is 13.2 Å². The van der Waals surface area contributed by atoms with Crippen LogP contribution in [-0.2, 0) is 14.6 Å². The molecule has 0 aromatic heterocycles. The van der Waals surface area contributed by atoms with E-state index < -0.39 is 9.84 Å². The van der Waals surface area contributed by atoms with Crippen molar-refractivity contribution in [2.24, 2.45) is 0 Å². The first-order chi connectivity index (χ1) is 12.9. The second kappa shape index (κ2) is 8.42. The maximum atomic E-state index is 12.8. The monoisotopic (exact) mass is 406 g/mol. The Morgan fingerprint density at radius 1 is 1.07 bits per heavy atom. The summed E-state index contributed by atoms with van der Waals surface area (Å²) >= 11 is 5.82. The van der Waals surface area contributed by atoms with Crippen LogP contribution in [0.2, 0.25) is 5.02 Å². The highest BCUT2D eigenvalue weighted by Crippen LogP contribution is 2.26. The van der Waals surface area contributed by atoms with Crippen LogP contribution in [0.3, 0.4) is 0 Å². The molecule has 0 bridgehead atoms. The van der Waals surface area contributed by atoms with E-state index in [0.29, 0.717) is 11.6 Å². The quantitative estimate of drug-likeness (QED) is 0.765. The molecule has 1 unspecified atom stereocenters. The van der Waals surface area contributed by atoms with Crippen molar-refractivity contribution in [2.45, 2.75) is 17.4 Å². The molecule has 1 aliphatic rings. The van der Waals surface area contributed by atoms with E-state index in [1.165, 1.54) is 12.1 Å². The standard InChI is InChI=1S/C20H23ClN2O3S/c1-22-12-13-23(19(15-22)16-5-3-2-4-6-16)20(24)11-14-27(25,26)18-9-7-17(21)8-10-18/h2-10,19H,11-15H2,1H3. The third kappa shape index (κ3) is 4.89. The summed E-state index contributed by atoms with van der Waals surface area (Å²) in [4.78, 5) is 17.0. The topological polar surface area (TPSA) is 57.7 Å². The Labute approximate surface area is 165 Å². The molecule has 1 amide bonds. The summed E-state index contributed by atoms with van der Waals surface area (Å²) < 4.78 is 25.0. The Hall–Kier alpha value is -1.89. The van der Waals surface area contributed by atoms with Gasteiger partial charge in [-0.15, -0.1) is 0 Å². The first-order valence-electron chi connectivity index (χ1n) is 8.88. The second-order valence-corrected chi connectivity index (χ2v) is 9.34. The predicted molar refractivity (Wildman–Crippen MR) is 107 cm³/mol. The minimum absolute atomic E-state index is 0.0298. The van der Waals surface area contributed by atoms with E-state index in [1.807, 2.05) is 42.3 Å². The maximum absolute atomic E-state index is 12.8. The van der Waals surface area contributed by atoms with Gasteiger partial charge in [0.25, 0.3) is 0 Å². The van der Waals surface area contributed by atoms with Crippen LogP contribution in [0.4, 0.5) is 0 Å². The van der Waals surface area contributed by atoms with Crippen molar-refractivity contribution in [1.29, 1.82) is 0 Å². The van der Waals surface area contributed by atoms with Crippen LogP contribution >= 0.6 is 11.6 Å². The van der Waals surface area contributed by atoms with Gasteiger partial charge in [-0.05, 0) is 36.9 Å². The van der Waals surface area contributed by atoms with Gasteiger partial charge in [0.2, 0.25) is 5.91 Å². The Kier molecular flexibility index (Phi) is 6.19. The minimum atomic E-state index is -3.52. The highest BCUT2D eigenvalue weighted by molar-refractivity contribution is 7.91. The molecule has 0 aliphatic carbocycles. The molecule has 1 atom stereocenters. The molecule has 1 fully saturated rings. The lowest BCUT2D eigenvalue weighted by Crippen LogP contribution is -2.49. The van der Waals surface area contributed by atoms with Crippen LogP contribution in [-0.4, -0.2) is 56.6 Å². The molecule has 2 aromatic rings. The van der Waals surface area contributed by atoms with Crippen molar-refractivity contribution in [1.82, 2.24) is 9.80 Å². The number of hydrogen-bond donors (Lipinski definition) is 0. The number of halogens is 1. The normalized spacial score (nSPS) is 18.4. The van der Waals surface area contributed by atoms with Crippen molar-refractivity contribution in [3.8, 4) is 0 Å². The number of rotatable bonds is 5. The lowest BCUT2D eigenvalue weighted by atomic mass is 10.0. The van der Waals surface area contributed by atoms with Crippen LogP contribution in [0.1, 0.15) is 18.0 Å². The summed E-state index contributed by atoms with van der Waals surface area (Å²) in [6.07, 6.45) is -0.0298. The zero-order valence-corrected chi connectivity index (χ0v) is 16.8. The molecular weight excluding hydrogens is 384 g/mol. The molecule has 0 N–H and O–H groups in total.